The van der Waals surface area contributed by atoms with Gasteiger partial charge in [0.05, 0.1) is 29.6 Å². The number of thioether (sulfide) groups is 1. The molecule has 31 heavy (non-hydrogen) atoms. The first-order valence-corrected chi connectivity index (χ1v) is 10.7. The molecule has 2 aromatic carbocycles. The number of carbonyl (C=O) groups excluding carboxylic acids is 2. The number of carbonyl (C=O) groups is 2. The Balaban J connectivity index is 1.59. The Kier molecular flexibility index (Phi) is 6.23. The first-order valence-electron chi connectivity index (χ1n) is 9.71. The molecule has 0 bridgehead atoms. The van der Waals surface area contributed by atoms with Gasteiger partial charge in [-0.1, -0.05) is 24.3 Å². The molecule has 0 N–H and O–H groups in total. The minimum atomic E-state index is -0.334. The molecule has 0 spiro atoms. The number of halogens is 1. The van der Waals surface area contributed by atoms with Crippen molar-refractivity contribution in [2.75, 3.05) is 13.7 Å². The van der Waals surface area contributed by atoms with Gasteiger partial charge < -0.3 is 9.15 Å². The van der Waals surface area contributed by atoms with E-state index in [-0.39, 0.29) is 24.2 Å². The third-order valence-corrected chi connectivity index (χ3v) is 6.08. The fraction of sp³-hybridized carbons (Fsp3) is 0.167. The van der Waals surface area contributed by atoms with E-state index in [0.717, 1.165) is 11.3 Å². The zero-order valence-electron chi connectivity index (χ0n) is 16.8. The van der Waals surface area contributed by atoms with Gasteiger partial charge in [0.15, 0.2) is 0 Å². The average Bonchev–Trinajstić information content (AvgIpc) is 3.39. The summed E-state index contributed by atoms with van der Waals surface area (Å²) in [5, 5.41) is 0. The summed E-state index contributed by atoms with van der Waals surface area (Å²) < 4.78 is 23.7. The van der Waals surface area contributed by atoms with Crippen LogP contribution < -0.4 is 4.74 Å². The summed E-state index contributed by atoms with van der Waals surface area (Å²) in [5.74, 6) is 0.842. The van der Waals surface area contributed by atoms with E-state index in [9.17, 15) is 14.0 Å². The molecule has 4 rings (SSSR count). The van der Waals surface area contributed by atoms with Gasteiger partial charge in [-0.25, -0.2) is 4.39 Å². The normalized spacial score (nSPS) is 13.9. The van der Waals surface area contributed by atoms with Gasteiger partial charge in [-0.2, -0.15) is 0 Å². The summed E-state index contributed by atoms with van der Waals surface area (Å²) in [6.45, 7) is 0.216. The van der Waals surface area contributed by atoms with E-state index in [0.29, 0.717) is 34.0 Å². The molecule has 0 saturated carbocycles. The van der Waals surface area contributed by atoms with Crippen molar-refractivity contribution < 1.29 is 23.1 Å². The Morgan fingerprint density at radius 2 is 1.74 bits per heavy atom. The predicted molar refractivity (Wildman–Crippen MR) is 117 cm³/mol. The van der Waals surface area contributed by atoms with Crippen LogP contribution in [-0.2, 0) is 21.8 Å². The number of imide groups is 1. The largest absolute Gasteiger partial charge is 0.497 e. The molecule has 7 heteroatoms. The number of hydrogen-bond acceptors (Lipinski definition) is 5. The summed E-state index contributed by atoms with van der Waals surface area (Å²) in [6.07, 6.45) is 2.02. The molecule has 0 saturated heterocycles. The maximum atomic E-state index is 13.2. The average molecular weight is 437 g/mol. The fourth-order valence-corrected chi connectivity index (χ4v) is 4.37. The molecule has 5 nitrogen and oxygen atoms in total. The first kappa shape index (κ1) is 20.9. The van der Waals surface area contributed by atoms with Crippen LogP contribution in [0.2, 0.25) is 0 Å². The molecule has 158 valence electrons. The van der Waals surface area contributed by atoms with Crippen LogP contribution in [0, 0.1) is 5.82 Å². The molecule has 1 aromatic heterocycles. The SMILES string of the molecule is COc1ccc(C2=C(SCc3ccco3)C(=O)N(CCc3ccc(F)cc3)C2=O)cc1. The smallest absolute Gasteiger partial charge is 0.268 e. The zero-order valence-corrected chi connectivity index (χ0v) is 17.7. The van der Waals surface area contributed by atoms with Gasteiger partial charge in [-0.15, -0.1) is 11.8 Å². The van der Waals surface area contributed by atoms with Crippen molar-refractivity contribution in [2.24, 2.45) is 0 Å². The molecule has 0 atom stereocenters. The molecule has 0 fully saturated rings. The van der Waals surface area contributed by atoms with Crippen LogP contribution in [0.5, 0.6) is 5.75 Å². The van der Waals surface area contributed by atoms with Crippen molar-refractivity contribution >= 4 is 29.1 Å². The van der Waals surface area contributed by atoms with Crippen LogP contribution in [-0.4, -0.2) is 30.4 Å². The zero-order chi connectivity index (χ0) is 21.8. The van der Waals surface area contributed by atoms with Gasteiger partial charge in [-0.3, -0.25) is 14.5 Å². The number of furan rings is 1. The Morgan fingerprint density at radius 1 is 1.00 bits per heavy atom. The van der Waals surface area contributed by atoms with E-state index in [1.165, 1.54) is 28.8 Å². The van der Waals surface area contributed by atoms with Crippen LogP contribution in [0.1, 0.15) is 16.9 Å². The summed E-state index contributed by atoms with van der Waals surface area (Å²) in [7, 11) is 1.57. The standard InChI is InChI=1S/C24H20FNO4S/c1-29-19-10-6-17(7-11-19)21-22(31-15-20-3-2-14-30-20)24(28)26(23(21)27)13-12-16-4-8-18(25)9-5-16/h2-11,14H,12-13,15H2,1H3. The number of hydrogen-bond donors (Lipinski definition) is 0. The molecule has 1 aliphatic heterocycles. The van der Waals surface area contributed by atoms with Gasteiger partial charge in [0, 0.05) is 6.54 Å². The molecule has 2 heterocycles. The lowest BCUT2D eigenvalue weighted by atomic mass is 10.1. The molecule has 0 radical (unpaired) electrons. The van der Waals surface area contributed by atoms with Gasteiger partial charge in [0.2, 0.25) is 0 Å². The number of ether oxygens (including phenoxy) is 1. The molecule has 1 aliphatic rings. The number of amides is 2. The van der Waals surface area contributed by atoms with Crippen molar-refractivity contribution in [3.63, 3.8) is 0 Å². The number of rotatable bonds is 8. The van der Waals surface area contributed by atoms with Crippen molar-refractivity contribution in [1.82, 2.24) is 4.90 Å². The topological polar surface area (TPSA) is 59.8 Å². The maximum absolute atomic E-state index is 13.2. The maximum Gasteiger partial charge on any atom is 0.268 e. The summed E-state index contributed by atoms with van der Waals surface area (Å²) in [4.78, 5) is 28.1. The summed E-state index contributed by atoms with van der Waals surface area (Å²) in [5.41, 5.74) is 1.89. The quantitative estimate of drug-likeness (QED) is 0.479. The third kappa shape index (κ3) is 4.56. The molecule has 2 amide bonds. The van der Waals surface area contributed by atoms with Crippen molar-refractivity contribution in [3.8, 4) is 5.75 Å². The lowest BCUT2D eigenvalue weighted by Gasteiger charge is -2.15. The molecule has 3 aromatic rings. The Morgan fingerprint density at radius 3 is 2.39 bits per heavy atom. The van der Waals surface area contributed by atoms with Gasteiger partial charge in [-0.05, 0) is 53.9 Å². The fourth-order valence-electron chi connectivity index (χ4n) is 3.33. The van der Waals surface area contributed by atoms with Gasteiger partial charge in [0.25, 0.3) is 11.8 Å². The van der Waals surface area contributed by atoms with Crippen molar-refractivity contribution in [3.05, 3.63) is 94.5 Å². The van der Waals surface area contributed by atoms with E-state index >= 15 is 0 Å². The highest BCUT2D eigenvalue weighted by atomic mass is 32.2. The highest BCUT2D eigenvalue weighted by Gasteiger charge is 2.39. The molecular weight excluding hydrogens is 417 g/mol. The van der Waals surface area contributed by atoms with Crippen LogP contribution in [0.25, 0.3) is 5.57 Å². The Bertz CT molecular complexity index is 1110. The second-order valence-corrected chi connectivity index (χ2v) is 7.92. The summed E-state index contributed by atoms with van der Waals surface area (Å²) in [6, 6.07) is 16.7. The Hall–Kier alpha value is -3.32. The van der Waals surface area contributed by atoms with Crippen LogP contribution in [0.3, 0.4) is 0 Å². The van der Waals surface area contributed by atoms with Crippen LogP contribution >= 0.6 is 11.8 Å². The minimum Gasteiger partial charge on any atom is -0.497 e. The predicted octanol–water partition coefficient (Wildman–Crippen LogP) is 4.68. The second-order valence-electron chi connectivity index (χ2n) is 6.94. The number of nitrogens with zero attached hydrogens (tertiary/aromatic N) is 1. The monoisotopic (exact) mass is 437 g/mol. The first-order chi connectivity index (χ1) is 15.1. The van der Waals surface area contributed by atoms with E-state index in [1.807, 2.05) is 6.07 Å². The molecule has 0 unspecified atom stereocenters. The third-order valence-electron chi connectivity index (χ3n) is 4.98. The molecule has 0 aliphatic carbocycles. The van der Waals surface area contributed by atoms with E-state index < -0.39 is 0 Å². The van der Waals surface area contributed by atoms with E-state index in [1.54, 1.807) is 55.8 Å². The minimum absolute atomic E-state index is 0.216. The van der Waals surface area contributed by atoms with Crippen molar-refractivity contribution in [1.29, 1.82) is 0 Å². The van der Waals surface area contributed by atoms with Crippen LogP contribution in [0.15, 0.2) is 76.2 Å². The van der Waals surface area contributed by atoms with Gasteiger partial charge in [0.1, 0.15) is 17.3 Å². The highest BCUT2D eigenvalue weighted by Crippen LogP contribution is 2.38. The number of benzene rings is 2. The highest BCUT2D eigenvalue weighted by molar-refractivity contribution is 8.03. The summed E-state index contributed by atoms with van der Waals surface area (Å²) >= 11 is 1.29. The van der Waals surface area contributed by atoms with Crippen LogP contribution in [0.4, 0.5) is 4.39 Å². The lowest BCUT2D eigenvalue weighted by molar-refractivity contribution is -0.136. The van der Waals surface area contributed by atoms with E-state index in [4.69, 9.17) is 9.15 Å². The van der Waals surface area contributed by atoms with Gasteiger partial charge >= 0.3 is 0 Å². The Labute approximate surface area is 183 Å². The van der Waals surface area contributed by atoms with E-state index in [2.05, 4.69) is 0 Å². The number of methoxy groups -OCH3 is 1. The lowest BCUT2D eigenvalue weighted by Crippen LogP contribution is -2.33. The molecular formula is C24H20FNO4S. The second kappa shape index (κ2) is 9.22. The van der Waals surface area contributed by atoms with Crippen molar-refractivity contribution in [2.45, 2.75) is 12.2 Å².